The number of pyridine rings is 1. The van der Waals surface area contributed by atoms with Crippen LogP contribution in [0.2, 0.25) is 10.0 Å². The van der Waals surface area contributed by atoms with Gasteiger partial charge in [0, 0.05) is 62.1 Å². The Kier molecular flexibility index (Phi) is 10.2. The van der Waals surface area contributed by atoms with E-state index in [4.69, 9.17) is 27.9 Å². The summed E-state index contributed by atoms with van der Waals surface area (Å²) in [7, 11) is 4.47. The van der Waals surface area contributed by atoms with Crippen LogP contribution in [0.15, 0.2) is 35.3 Å². The minimum atomic E-state index is -4.76. The average Bonchev–Trinajstić information content (AvgIpc) is 2.94. The molecular formula is C30H33Cl2F4N5O4. The van der Waals surface area contributed by atoms with E-state index in [0.717, 1.165) is 12.3 Å². The van der Waals surface area contributed by atoms with Gasteiger partial charge in [-0.3, -0.25) is 19.3 Å². The van der Waals surface area contributed by atoms with Crippen LogP contribution in [0.25, 0.3) is 10.9 Å². The summed E-state index contributed by atoms with van der Waals surface area (Å²) in [5.41, 5.74) is -1.56. The molecule has 0 unspecified atom stereocenters. The maximum Gasteiger partial charge on any atom is 0.406 e. The topological polar surface area (TPSA) is 87.1 Å². The Morgan fingerprint density at radius 1 is 1.11 bits per heavy atom. The summed E-state index contributed by atoms with van der Waals surface area (Å²) in [5, 5.41) is 2.63. The number of nitrogens with one attached hydrogen (secondary N) is 1. The summed E-state index contributed by atoms with van der Waals surface area (Å²) in [6.45, 7) is 2.58. The Labute approximate surface area is 267 Å². The molecule has 4 rings (SSSR count). The fourth-order valence-electron chi connectivity index (χ4n) is 5.54. The molecule has 1 aromatic heterocycles. The number of fused-ring (bicyclic) bond motifs is 1. The standard InChI is InChI=1S/C30H33Cl2F4N5O4/c1-16-11-39(12-17(2)41(16)14-24(42)38(3)4)26-23(33)9-20-25(28(26)45-5)40(15-30(34,35)36)13-21(27(20)43)29(44)37-10-18-6-7-19(31)8-22(18)32/h6-9,13,16-17H,10-12,14-15H2,1-5H3,(H,37,44)/t16-,17+. The molecule has 0 aliphatic carbocycles. The highest BCUT2D eigenvalue weighted by atomic mass is 35.5. The molecule has 2 amide bonds. The molecule has 1 aliphatic rings. The number of ether oxygens (including phenoxy) is 1. The van der Waals surface area contributed by atoms with Gasteiger partial charge in [0.05, 0.1) is 24.6 Å². The second-order valence-corrected chi connectivity index (χ2v) is 12.1. The minimum Gasteiger partial charge on any atom is -0.492 e. The maximum absolute atomic E-state index is 16.0. The molecule has 0 spiro atoms. The number of rotatable bonds is 8. The highest BCUT2D eigenvalue weighted by Gasteiger charge is 2.36. The van der Waals surface area contributed by atoms with Gasteiger partial charge in [-0.15, -0.1) is 0 Å². The Bertz CT molecular complexity index is 1670. The molecule has 1 aliphatic heterocycles. The van der Waals surface area contributed by atoms with Crippen molar-refractivity contribution in [3.8, 4) is 5.75 Å². The van der Waals surface area contributed by atoms with E-state index in [2.05, 4.69) is 5.32 Å². The lowest BCUT2D eigenvalue weighted by molar-refractivity contribution is -0.140. The van der Waals surface area contributed by atoms with Crippen molar-refractivity contribution < 1.29 is 31.9 Å². The average molecular weight is 675 g/mol. The zero-order chi connectivity index (χ0) is 33.4. The molecule has 0 saturated carbocycles. The number of piperazine rings is 1. The highest BCUT2D eigenvalue weighted by Crippen LogP contribution is 2.40. The van der Waals surface area contributed by atoms with Crippen molar-refractivity contribution in [1.82, 2.24) is 19.7 Å². The fraction of sp³-hybridized carbons (Fsp3) is 0.433. The van der Waals surface area contributed by atoms with E-state index >= 15 is 4.39 Å². The number of carbonyl (C=O) groups excluding carboxylic acids is 2. The van der Waals surface area contributed by atoms with Gasteiger partial charge in [0.1, 0.15) is 17.8 Å². The van der Waals surface area contributed by atoms with Crippen molar-refractivity contribution in [3.63, 3.8) is 0 Å². The van der Waals surface area contributed by atoms with E-state index in [1.165, 1.54) is 18.1 Å². The van der Waals surface area contributed by atoms with Gasteiger partial charge in [-0.05, 0) is 37.6 Å². The number of carbonyl (C=O) groups is 2. The molecule has 45 heavy (non-hydrogen) atoms. The summed E-state index contributed by atoms with van der Waals surface area (Å²) in [4.78, 5) is 44.1. The Morgan fingerprint density at radius 2 is 1.76 bits per heavy atom. The van der Waals surface area contributed by atoms with E-state index in [1.54, 1.807) is 31.1 Å². The van der Waals surface area contributed by atoms with Gasteiger partial charge in [0.2, 0.25) is 11.3 Å². The normalized spacial score (nSPS) is 17.4. The number of nitrogens with zero attached hydrogens (tertiary/aromatic N) is 4. The van der Waals surface area contributed by atoms with Crippen LogP contribution in [0, 0.1) is 5.82 Å². The molecule has 2 heterocycles. The van der Waals surface area contributed by atoms with E-state index in [9.17, 15) is 27.6 Å². The first-order chi connectivity index (χ1) is 21.0. The van der Waals surface area contributed by atoms with Crippen LogP contribution in [0.4, 0.5) is 23.2 Å². The summed E-state index contributed by atoms with van der Waals surface area (Å²) in [5.74, 6) is -2.26. The molecule has 9 nitrogen and oxygen atoms in total. The zero-order valence-corrected chi connectivity index (χ0v) is 26.8. The molecular weight excluding hydrogens is 641 g/mol. The highest BCUT2D eigenvalue weighted by molar-refractivity contribution is 6.35. The van der Waals surface area contributed by atoms with E-state index in [-0.39, 0.29) is 66.1 Å². The number of amides is 2. The van der Waals surface area contributed by atoms with Crippen LogP contribution in [0.3, 0.4) is 0 Å². The monoisotopic (exact) mass is 673 g/mol. The number of benzene rings is 2. The second-order valence-electron chi connectivity index (χ2n) is 11.2. The third-order valence-corrected chi connectivity index (χ3v) is 8.32. The molecule has 2 aromatic carbocycles. The van der Waals surface area contributed by atoms with Crippen molar-refractivity contribution >= 4 is 51.6 Å². The van der Waals surface area contributed by atoms with Gasteiger partial charge in [0.15, 0.2) is 11.6 Å². The van der Waals surface area contributed by atoms with Crippen LogP contribution in [0.1, 0.15) is 29.8 Å². The van der Waals surface area contributed by atoms with Crippen molar-refractivity contribution in [2.75, 3.05) is 45.7 Å². The number of anilines is 1. The number of halogens is 6. The predicted octanol–water partition coefficient (Wildman–Crippen LogP) is 4.94. The molecule has 0 radical (unpaired) electrons. The number of aromatic nitrogens is 1. The first-order valence-corrected chi connectivity index (χ1v) is 14.7. The lowest BCUT2D eigenvalue weighted by Gasteiger charge is -2.45. The van der Waals surface area contributed by atoms with Crippen LogP contribution in [0.5, 0.6) is 5.75 Å². The van der Waals surface area contributed by atoms with Gasteiger partial charge in [-0.25, -0.2) is 4.39 Å². The van der Waals surface area contributed by atoms with E-state index in [0.29, 0.717) is 15.2 Å². The SMILES string of the molecule is COc1c(N2C[C@@H](C)N(CC(=O)N(C)C)[C@@H](C)C2)c(F)cc2c(=O)c(C(=O)NCc3ccc(Cl)cc3Cl)cn(CC(F)(F)F)c12. The molecule has 1 N–H and O–H groups in total. The van der Waals surface area contributed by atoms with Crippen molar-refractivity contribution in [2.24, 2.45) is 0 Å². The molecule has 244 valence electrons. The first kappa shape index (κ1) is 34.3. The zero-order valence-electron chi connectivity index (χ0n) is 25.3. The lowest BCUT2D eigenvalue weighted by Crippen LogP contribution is -2.59. The van der Waals surface area contributed by atoms with Crippen LogP contribution in [-0.4, -0.2) is 85.3 Å². The minimum absolute atomic E-state index is 0.108. The number of hydrogen-bond acceptors (Lipinski definition) is 6. The second kappa shape index (κ2) is 13.4. The first-order valence-electron chi connectivity index (χ1n) is 14.0. The number of hydrogen-bond donors (Lipinski definition) is 1. The van der Waals surface area contributed by atoms with Gasteiger partial charge in [0.25, 0.3) is 5.91 Å². The van der Waals surface area contributed by atoms with Crippen molar-refractivity contribution in [1.29, 1.82) is 0 Å². The summed E-state index contributed by atoms with van der Waals surface area (Å²) < 4.78 is 63.7. The number of likely N-dealkylation sites (N-methyl/N-ethyl adjacent to an activating group) is 1. The largest absolute Gasteiger partial charge is 0.492 e. The molecule has 3 aromatic rings. The van der Waals surface area contributed by atoms with Gasteiger partial charge in [-0.1, -0.05) is 29.3 Å². The van der Waals surface area contributed by atoms with Gasteiger partial charge in [-0.2, -0.15) is 13.2 Å². The summed E-state index contributed by atoms with van der Waals surface area (Å²) in [6, 6.07) is 4.90. The Hall–Kier alpha value is -3.55. The number of alkyl halides is 3. The third kappa shape index (κ3) is 7.47. The van der Waals surface area contributed by atoms with Crippen molar-refractivity contribution in [2.45, 2.75) is 45.2 Å². The van der Waals surface area contributed by atoms with Gasteiger partial charge >= 0.3 is 6.18 Å². The molecule has 0 bridgehead atoms. The molecule has 2 atom stereocenters. The lowest BCUT2D eigenvalue weighted by atomic mass is 10.0. The molecule has 1 fully saturated rings. The predicted molar refractivity (Wildman–Crippen MR) is 165 cm³/mol. The number of methoxy groups -OCH3 is 1. The Balaban J connectivity index is 1.79. The Morgan fingerprint density at radius 3 is 2.31 bits per heavy atom. The van der Waals surface area contributed by atoms with Gasteiger partial charge < -0.3 is 24.4 Å². The third-order valence-electron chi connectivity index (χ3n) is 7.73. The van der Waals surface area contributed by atoms with E-state index in [1.807, 2.05) is 18.7 Å². The molecule has 15 heteroatoms. The van der Waals surface area contributed by atoms with Crippen LogP contribution in [-0.2, 0) is 17.9 Å². The summed E-state index contributed by atoms with van der Waals surface area (Å²) in [6.07, 6.45) is -3.96. The smallest absolute Gasteiger partial charge is 0.406 e. The fourth-order valence-corrected chi connectivity index (χ4v) is 6.02. The summed E-state index contributed by atoms with van der Waals surface area (Å²) >= 11 is 12.1. The van der Waals surface area contributed by atoms with Crippen LogP contribution < -0.4 is 20.4 Å². The molecule has 1 saturated heterocycles. The quantitative estimate of drug-likeness (QED) is 0.341. The van der Waals surface area contributed by atoms with Crippen LogP contribution >= 0.6 is 23.2 Å². The van der Waals surface area contributed by atoms with E-state index < -0.39 is 40.8 Å². The van der Waals surface area contributed by atoms with Crippen molar-refractivity contribution in [3.05, 3.63) is 67.7 Å². The maximum atomic E-state index is 16.0.